The normalized spacial score (nSPS) is 32.4. The number of nitrogens with two attached hydrogens (primary N) is 1. The Morgan fingerprint density at radius 1 is 1.04 bits per heavy atom. The Labute approximate surface area is 165 Å². The van der Waals surface area contributed by atoms with Crippen LogP contribution in [-0.2, 0) is 4.79 Å². The van der Waals surface area contributed by atoms with Crippen molar-refractivity contribution < 1.29 is 10.1 Å². The van der Waals surface area contributed by atoms with Crippen LogP contribution in [0.2, 0.25) is 0 Å². The van der Waals surface area contributed by atoms with Gasteiger partial charge in [-0.3, -0.25) is 4.79 Å². The van der Waals surface area contributed by atoms with E-state index in [-0.39, 0.29) is 17.5 Å². The molecule has 142 valence electrons. The highest BCUT2D eigenvalue weighted by Crippen LogP contribution is 2.55. The Kier molecular flexibility index (Phi) is 4.57. The molecule has 27 heavy (non-hydrogen) atoms. The summed E-state index contributed by atoms with van der Waals surface area (Å²) in [6.07, 6.45) is 7.90. The minimum atomic E-state index is 0.116. The molecule has 4 saturated carbocycles. The van der Waals surface area contributed by atoms with E-state index in [1.54, 1.807) is 11.3 Å². The molecule has 1 atom stereocenters. The van der Waals surface area contributed by atoms with Gasteiger partial charge in [0, 0.05) is 11.1 Å². The largest absolute Gasteiger partial charge is 0.346 e. The molecule has 2 aromatic rings. The number of benzene rings is 1. The van der Waals surface area contributed by atoms with Crippen LogP contribution in [-0.4, -0.2) is 18.0 Å². The molecule has 3 N–H and O–H groups in total. The minimum absolute atomic E-state index is 0.116. The summed E-state index contributed by atoms with van der Waals surface area (Å²) in [5.41, 5.74) is 1.38. The summed E-state index contributed by atoms with van der Waals surface area (Å²) in [4.78, 5) is 14.2. The Morgan fingerprint density at radius 2 is 1.70 bits per heavy atom. The second-order valence-corrected chi connectivity index (χ2v) is 10.1. The molecule has 0 unspecified atom stereocenters. The summed E-state index contributed by atoms with van der Waals surface area (Å²) in [6.45, 7) is 0.499. The summed E-state index contributed by atoms with van der Waals surface area (Å²) in [6, 6.07) is 15.0. The van der Waals surface area contributed by atoms with Crippen LogP contribution in [0.5, 0.6) is 0 Å². The number of carbonyl (C=O) groups is 1. The lowest BCUT2D eigenvalue weighted by Gasteiger charge is -2.56. The third-order valence-corrected chi connectivity index (χ3v) is 7.95. The monoisotopic (exact) mass is 381 g/mol. The van der Waals surface area contributed by atoms with Crippen molar-refractivity contribution in [2.75, 3.05) is 6.54 Å². The maximum Gasteiger partial charge on any atom is 0.275 e. The molecule has 4 aliphatic carbocycles. The number of carbonyl (C=O) groups excluding carboxylic acids is 1. The molecule has 4 fully saturated rings. The van der Waals surface area contributed by atoms with Gasteiger partial charge in [0.1, 0.15) is 6.04 Å². The Balaban J connectivity index is 1.25. The first-order valence-electron chi connectivity index (χ1n) is 10.4. The molecule has 1 amide bonds. The average molecular weight is 382 g/mol. The van der Waals surface area contributed by atoms with Gasteiger partial charge in [-0.1, -0.05) is 36.4 Å². The van der Waals surface area contributed by atoms with Gasteiger partial charge in [0.15, 0.2) is 6.54 Å². The van der Waals surface area contributed by atoms with Crippen molar-refractivity contribution in [2.24, 2.45) is 17.8 Å². The highest BCUT2D eigenvalue weighted by atomic mass is 32.1. The number of nitrogens with one attached hydrogen (secondary N) is 1. The summed E-state index contributed by atoms with van der Waals surface area (Å²) < 4.78 is 0. The molecule has 0 saturated heterocycles. The van der Waals surface area contributed by atoms with Crippen molar-refractivity contribution in [2.45, 2.75) is 50.1 Å². The number of hydrogen-bond donors (Lipinski definition) is 2. The molecular formula is C23H29N2OS+. The van der Waals surface area contributed by atoms with Crippen LogP contribution in [0.3, 0.4) is 0 Å². The zero-order valence-electron chi connectivity index (χ0n) is 15.8. The van der Waals surface area contributed by atoms with Crippen LogP contribution in [0.15, 0.2) is 47.8 Å². The minimum Gasteiger partial charge on any atom is -0.346 e. The van der Waals surface area contributed by atoms with Crippen molar-refractivity contribution >= 4 is 17.2 Å². The highest BCUT2D eigenvalue weighted by molar-refractivity contribution is 7.10. The van der Waals surface area contributed by atoms with E-state index in [2.05, 4.69) is 58.5 Å². The summed E-state index contributed by atoms with van der Waals surface area (Å²) >= 11 is 1.77. The van der Waals surface area contributed by atoms with E-state index >= 15 is 0 Å². The number of hydrogen-bond acceptors (Lipinski definition) is 2. The van der Waals surface area contributed by atoms with Crippen molar-refractivity contribution in [3.8, 4) is 0 Å². The Bertz CT molecular complexity index is 751. The van der Waals surface area contributed by atoms with Gasteiger partial charge in [0.05, 0.1) is 4.88 Å². The molecule has 0 aliphatic heterocycles. The zero-order valence-corrected chi connectivity index (χ0v) is 16.6. The lowest BCUT2D eigenvalue weighted by Crippen LogP contribution is -2.88. The SMILES string of the molecule is O=C(C[NH2+][C@@H](c1ccccc1)c1cccs1)NC12CC3CC(CC(C3)C1)C2. The van der Waals surface area contributed by atoms with Crippen LogP contribution in [0.4, 0.5) is 0 Å². The van der Waals surface area contributed by atoms with Crippen molar-refractivity contribution in [1.29, 1.82) is 0 Å². The maximum absolute atomic E-state index is 12.9. The maximum atomic E-state index is 12.9. The third-order valence-electron chi connectivity index (χ3n) is 6.99. The predicted molar refractivity (Wildman–Crippen MR) is 108 cm³/mol. The molecule has 1 aromatic carbocycles. The fourth-order valence-electron chi connectivity index (χ4n) is 6.38. The summed E-state index contributed by atoms with van der Waals surface area (Å²) in [5, 5.41) is 7.83. The second-order valence-electron chi connectivity index (χ2n) is 9.09. The quantitative estimate of drug-likeness (QED) is 0.791. The van der Waals surface area contributed by atoms with Gasteiger partial charge < -0.3 is 10.6 Å². The summed E-state index contributed by atoms with van der Waals surface area (Å²) in [5.74, 6) is 2.81. The first-order valence-corrected chi connectivity index (χ1v) is 11.3. The molecule has 4 heteroatoms. The van der Waals surface area contributed by atoms with Crippen LogP contribution >= 0.6 is 11.3 Å². The van der Waals surface area contributed by atoms with Crippen LogP contribution in [0.25, 0.3) is 0 Å². The fourth-order valence-corrected chi connectivity index (χ4v) is 7.23. The van der Waals surface area contributed by atoms with E-state index in [0.717, 1.165) is 17.8 Å². The van der Waals surface area contributed by atoms with E-state index in [1.807, 2.05) is 0 Å². The Hall–Kier alpha value is -1.65. The third kappa shape index (κ3) is 3.57. The smallest absolute Gasteiger partial charge is 0.275 e. The Morgan fingerprint density at radius 3 is 2.30 bits per heavy atom. The fraction of sp³-hybridized carbons (Fsp3) is 0.522. The first kappa shape index (κ1) is 17.4. The molecule has 3 nitrogen and oxygen atoms in total. The average Bonchev–Trinajstić information content (AvgIpc) is 3.15. The van der Waals surface area contributed by atoms with E-state index in [9.17, 15) is 4.79 Å². The van der Waals surface area contributed by atoms with Gasteiger partial charge in [-0.25, -0.2) is 0 Å². The van der Waals surface area contributed by atoms with E-state index < -0.39 is 0 Å². The van der Waals surface area contributed by atoms with Crippen molar-refractivity contribution in [3.05, 3.63) is 58.3 Å². The molecule has 4 bridgehead atoms. The standard InChI is InChI=1S/C23H28N2OS/c26-21(25-23-12-16-9-17(13-23)11-18(10-16)14-23)15-24-22(20-7-4-8-27-20)19-5-2-1-3-6-19/h1-8,16-18,22,24H,9-15H2,(H,25,26)/p+1/t16?,17?,18?,22-,23?/m0/s1. The predicted octanol–water partition coefficient (Wildman–Crippen LogP) is 3.49. The van der Waals surface area contributed by atoms with Gasteiger partial charge >= 0.3 is 0 Å². The molecule has 6 rings (SSSR count). The molecular weight excluding hydrogens is 352 g/mol. The zero-order chi connectivity index (χ0) is 18.3. The van der Waals surface area contributed by atoms with Gasteiger partial charge in [0.2, 0.25) is 0 Å². The second kappa shape index (κ2) is 7.06. The van der Waals surface area contributed by atoms with Crippen LogP contribution in [0, 0.1) is 17.8 Å². The molecule has 1 aromatic heterocycles. The number of thiophene rings is 1. The summed E-state index contributed by atoms with van der Waals surface area (Å²) in [7, 11) is 0. The highest BCUT2D eigenvalue weighted by Gasteiger charge is 2.51. The molecule has 4 aliphatic rings. The van der Waals surface area contributed by atoms with Crippen LogP contribution < -0.4 is 10.6 Å². The van der Waals surface area contributed by atoms with E-state index in [4.69, 9.17) is 0 Å². The van der Waals surface area contributed by atoms with Gasteiger partial charge in [-0.2, -0.15) is 0 Å². The number of rotatable bonds is 6. The van der Waals surface area contributed by atoms with E-state index in [0.29, 0.717) is 6.54 Å². The van der Waals surface area contributed by atoms with Gasteiger partial charge in [-0.15, -0.1) is 11.3 Å². The first-order chi connectivity index (χ1) is 13.2. The molecule has 1 heterocycles. The van der Waals surface area contributed by atoms with Gasteiger partial charge in [-0.05, 0) is 67.7 Å². The van der Waals surface area contributed by atoms with Crippen molar-refractivity contribution in [3.63, 3.8) is 0 Å². The lowest BCUT2D eigenvalue weighted by atomic mass is 9.53. The molecule has 0 spiro atoms. The topological polar surface area (TPSA) is 45.7 Å². The van der Waals surface area contributed by atoms with Gasteiger partial charge in [0.25, 0.3) is 5.91 Å². The number of quaternary nitrogens is 1. The molecule has 0 radical (unpaired) electrons. The van der Waals surface area contributed by atoms with Crippen LogP contribution in [0.1, 0.15) is 55.0 Å². The number of amides is 1. The van der Waals surface area contributed by atoms with E-state index in [1.165, 1.54) is 49.0 Å². The van der Waals surface area contributed by atoms with Crippen molar-refractivity contribution in [1.82, 2.24) is 5.32 Å². The lowest BCUT2D eigenvalue weighted by molar-refractivity contribution is -0.676.